The Morgan fingerprint density at radius 3 is 1.30 bits per heavy atom. The second kappa shape index (κ2) is 6.88. The fraction of sp³-hybridized carbons (Fsp3) is 1.00. The van der Waals surface area contributed by atoms with E-state index in [9.17, 15) is 70.2 Å². The van der Waals surface area contributed by atoms with Crippen molar-refractivity contribution in [1.82, 2.24) is 0 Å². The Balaban J connectivity index is 5.94. The van der Waals surface area contributed by atoms with Gasteiger partial charge in [-0.05, 0) is 11.6 Å². The average Bonchev–Trinajstić information content (AvgIpc) is 2.43. The minimum Gasteiger partial charge on any atom is -0.308 e. The molecule has 0 aromatic carbocycles. The number of alkyl halides is 17. The predicted molar refractivity (Wildman–Crippen MR) is 52.4 cm³/mol. The average molecular weight is 467 g/mol. The van der Waals surface area contributed by atoms with Crippen LogP contribution in [0, 0.1) is 0 Å². The van der Waals surface area contributed by atoms with E-state index in [4.69, 9.17) is 0 Å². The van der Waals surface area contributed by atoms with Gasteiger partial charge in [0.25, 0.3) is 0 Å². The SMILES string of the molecule is FC(F)C(F)(F)C(F)(F)C(F)(F)C(F)(F)C(F)(F)COC(F)(F)C(F)(F)Cl. The van der Waals surface area contributed by atoms with Crippen LogP contribution in [0.5, 0.6) is 0 Å². The molecule has 0 aliphatic heterocycles. The lowest BCUT2D eigenvalue weighted by Gasteiger charge is -2.39. The summed E-state index contributed by atoms with van der Waals surface area (Å²) < 4.78 is 203. The van der Waals surface area contributed by atoms with Gasteiger partial charge >= 0.3 is 47.5 Å². The summed E-state index contributed by atoms with van der Waals surface area (Å²) in [7, 11) is 0. The van der Waals surface area contributed by atoms with E-state index < -0.39 is 54.1 Å². The molecule has 164 valence electrons. The van der Waals surface area contributed by atoms with Gasteiger partial charge in [-0.3, -0.25) is 0 Å². The van der Waals surface area contributed by atoms with Crippen LogP contribution < -0.4 is 0 Å². The van der Waals surface area contributed by atoms with E-state index in [1.165, 1.54) is 0 Å². The van der Waals surface area contributed by atoms with Crippen molar-refractivity contribution in [1.29, 1.82) is 0 Å². The van der Waals surface area contributed by atoms with E-state index >= 15 is 0 Å². The van der Waals surface area contributed by atoms with Gasteiger partial charge in [-0.15, -0.1) is 0 Å². The topological polar surface area (TPSA) is 9.23 Å². The minimum atomic E-state index is -7.99. The molecule has 27 heavy (non-hydrogen) atoms. The third-order valence-corrected chi connectivity index (χ3v) is 2.93. The van der Waals surface area contributed by atoms with Gasteiger partial charge in [0.15, 0.2) is 0 Å². The second-order valence-corrected chi connectivity index (χ2v) is 5.13. The summed E-state index contributed by atoms with van der Waals surface area (Å²) in [6.45, 7) is -3.87. The molecule has 0 fully saturated rings. The summed E-state index contributed by atoms with van der Waals surface area (Å²) in [5.74, 6) is -37.9. The molecule has 0 saturated heterocycles. The monoisotopic (exact) mass is 466 g/mol. The van der Waals surface area contributed by atoms with Crippen LogP contribution in [0.2, 0.25) is 0 Å². The number of halogens is 17. The molecule has 0 aliphatic carbocycles. The Labute approximate surface area is 142 Å². The summed E-state index contributed by atoms with van der Waals surface area (Å²) in [5, 5.41) is -5.88. The summed E-state index contributed by atoms with van der Waals surface area (Å²) in [6.07, 6.45) is -12.0. The first-order valence-corrected chi connectivity index (χ1v) is 6.03. The smallest absolute Gasteiger partial charge is 0.308 e. The highest BCUT2D eigenvalue weighted by Crippen LogP contribution is 2.58. The maximum atomic E-state index is 13.0. The predicted octanol–water partition coefficient (Wildman–Crippen LogP) is 5.87. The molecule has 0 amide bonds. The Hall–Kier alpha value is -0.870. The molecule has 0 spiro atoms. The van der Waals surface area contributed by atoms with Crippen molar-refractivity contribution in [3.05, 3.63) is 0 Å². The third kappa shape index (κ3) is 4.12. The zero-order chi connectivity index (χ0) is 22.5. The molecular weight excluding hydrogens is 464 g/mol. The van der Waals surface area contributed by atoms with Gasteiger partial charge in [0.1, 0.15) is 6.61 Å². The molecule has 0 rings (SSSR count). The summed E-state index contributed by atoms with van der Waals surface area (Å²) in [4.78, 5) is 0. The fourth-order valence-corrected chi connectivity index (χ4v) is 1.18. The highest BCUT2D eigenvalue weighted by Gasteiger charge is 2.88. The number of hydrogen-bond donors (Lipinski definition) is 0. The Morgan fingerprint density at radius 2 is 1.00 bits per heavy atom. The normalized spacial score (nSPS) is 16.2. The second-order valence-electron chi connectivity index (χ2n) is 4.65. The molecule has 0 bridgehead atoms. The van der Waals surface area contributed by atoms with Crippen LogP contribution in [0.15, 0.2) is 0 Å². The highest BCUT2D eigenvalue weighted by molar-refractivity contribution is 6.22. The van der Waals surface area contributed by atoms with Crippen LogP contribution in [-0.2, 0) is 4.74 Å². The number of ether oxygens (including phenoxy) is 1. The number of rotatable bonds is 9. The largest absolute Gasteiger partial charge is 0.435 e. The van der Waals surface area contributed by atoms with Crippen molar-refractivity contribution in [2.75, 3.05) is 6.61 Å². The summed E-state index contributed by atoms with van der Waals surface area (Å²) in [6, 6.07) is 0. The zero-order valence-corrected chi connectivity index (χ0v) is 12.4. The minimum absolute atomic E-state index is 2.23. The lowest BCUT2D eigenvalue weighted by molar-refractivity contribution is -0.423. The van der Waals surface area contributed by atoms with Crippen LogP contribution in [0.25, 0.3) is 0 Å². The quantitative estimate of drug-likeness (QED) is 0.305. The van der Waals surface area contributed by atoms with Crippen molar-refractivity contribution >= 4 is 11.6 Å². The van der Waals surface area contributed by atoms with Gasteiger partial charge in [-0.25, -0.2) is 8.78 Å². The zero-order valence-electron chi connectivity index (χ0n) is 11.6. The van der Waals surface area contributed by atoms with E-state index in [1.807, 2.05) is 0 Å². The van der Waals surface area contributed by atoms with Gasteiger partial charge in [0, 0.05) is 0 Å². The molecular formula is C9H3ClF16O. The highest BCUT2D eigenvalue weighted by atomic mass is 35.5. The molecule has 0 aromatic rings. The molecule has 0 heterocycles. The van der Waals surface area contributed by atoms with Crippen molar-refractivity contribution in [2.24, 2.45) is 0 Å². The molecule has 0 aliphatic rings. The molecule has 18 heteroatoms. The van der Waals surface area contributed by atoms with E-state index in [-0.39, 0.29) is 0 Å². The van der Waals surface area contributed by atoms with Crippen LogP contribution in [-0.4, -0.2) is 54.1 Å². The van der Waals surface area contributed by atoms with Crippen LogP contribution in [0.4, 0.5) is 70.2 Å². The van der Waals surface area contributed by atoms with Crippen molar-refractivity contribution in [2.45, 2.75) is 47.5 Å². The van der Waals surface area contributed by atoms with Gasteiger partial charge in [0.05, 0.1) is 0 Å². The summed E-state index contributed by atoms with van der Waals surface area (Å²) in [5.41, 5.74) is 0. The maximum Gasteiger partial charge on any atom is 0.435 e. The third-order valence-electron chi connectivity index (χ3n) is 2.71. The first-order valence-electron chi connectivity index (χ1n) is 5.66. The Morgan fingerprint density at radius 1 is 0.630 bits per heavy atom. The van der Waals surface area contributed by atoms with Crippen LogP contribution >= 0.6 is 11.6 Å². The van der Waals surface area contributed by atoms with Gasteiger partial charge in [-0.2, -0.15) is 61.5 Å². The molecule has 0 saturated carbocycles. The van der Waals surface area contributed by atoms with Gasteiger partial charge in [0.2, 0.25) is 0 Å². The first-order chi connectivity index (χ1) is 11.4. The summed E-state index contributed by atoms with van der Waals surface area (Å²) >= 11 is 3.63. The molecule has 0 aromatic heterocycles. The Bertz CT molecular complexity index is 522. The maximum absolute atomic E-state index is 13.0. The van der Waals surface area contributed by atoms with E-state index in [2.05, 4.69) is 16.3 Å². The van der Waals surface area contributed by atoms with Crippen molar-refractivity contribution < 1.29 is 75.0 Å². The standard InChI is InChI=1S/C9H3ClF16O/c10-8(23,24)9(25,26)27-1-3(13,14)5(17,18)7(21,22)6(19,20)4(15,16)2(11)12/h2H,1H2. The fourth-order valence-electron chi connectivity index (χ4n) is 1.13. The molecule has 0 N–H and O–H groups in total. The van der Waals surface area contributed by atoms with Crippen LogP contribution in [0.3, 0.4) is 0 Å². The van der Waals surface area contributed by atoms with Crippen molar-refractivity contribution in [3.63, 3.8) is 0 Å². The van der Waals surface area contributed by atoms with E-state index in [1.54, 1.807) is 0 Å². The van der Waals surface area contributed by atoms with E-state index in [0.717, 1.165) is 0 Å². The van der Waals surface area contributed by atoms with E-state index in [0.29, 0.717) is 0 Å². The molecule has 0 unspecified atom stereocenters. The van der Waals surface area contributed by atoms with Crippen LogP contribution in [0.1, 0.15) is 0 Å². The first kappa shape index (κ1) is 26.1. The lowest BCUT2D eigenvalue weighted by Crippen LogP contribution is -2.69. The van der Waals surface area contributed by atoms with Gasteiger partial charge in [-0.1, -0.05) is 0 Å². The molecule has 0 radical (unpaired) electrons. The molecule has 0 atom stereocenters. The lowest BCUT2D eigenvalue weighted by atomic mass is 9.94. The van der Waals surface area contributed by atoms with Crippen molar-refractivity contribution in [3.8, 4) is 0 Å². The molecule has 1 nitrogen and oxygen atoms in total. The number of hydrogen-bond acceptors (Lipinski definition) is 1. The van der Waals surface area contributed by atoms with Gasteiger partial charge < -0.3 is 4.74 Å². The Kier molecular flexibility index (Phi) is 6.65.